The summed E-state index contributed by atoms with van der Waals surface area (Å²) >= 11 is 0. The summed E-state index contributed by atoms with van der Waals surface area (Å²) in [5, 5.41) is -0.172. The van der Waals surface area contributed by atoms with Crippen LogP contribution < -0.4 is 0 Å². The van der Waals surface area contributed by atoms with E-state index in [2.05, 4.69) is 4.74 Å². The van der Waals surface area contributed by atoms with Crippen molar-refractivity contribution in [2.45, 2.75) is 43.2 Å². The van der Waals surface area contributed by atoms with Crippen LogP contribution in [0.5, 0.6) is 0 Å². The standard InChI is InChI=1S/C14H19NO5S/c1-19-14(16)12-6-7-13(20-12)21(17,18)15-9-8-10-4-2-3-5-11(10)15/h6-7,10-11H,2-5,8-9H2,1H3. The fourth-order valence-corrected chi connectivity index (χ4v) is 5.09. The number of hydrogen-bond donors (Lipinski definition) is 0. The summed E-state index contributed by atoms with van der Waals surface area (Å²) in [7, 11) is -2.44. The number of esters is 1. The van der Waals surface area contributed by atoms with Crippen molar-refractivity contribution in [3.05, 3.63) is 17.9 Å². The summed E-state index contributed by atoms with van der Waals surface area (Å²) in [6.45, 7) is 0.534. The lowest BCUT2D eigenvalue weighted by atomic mass is 9.86. The molecule has 2 unspecified atom stereocenters. The Balaban J connectivity index is 1.86. The summed E-state index contributed by atoms with van der Waals surface area (Å²) < 4.78 is 36.7. The van der Waals surface area contributed by atoms with Crippen LogP contribution in [0.1, 0.15) is 42.7 Å². The molecule has 0 N–H and O–H groups in total. The van der Waals surface area contributed by atoms with Crippen LogP contribution in [0.3, 0.4) is 0 Å². The fourth-order valence-electron chi connectivity index (χ4n) is 3.45. The molecule has 1 saturated carbocycles. The topological polar surface area (TPSA) is 76.8 Å². The van der Waals surface area contributed by atoms with Crippen molar-refractivity contribution in [1.82, 2.24) is 4.31 Å². The fraction of sp³-hybridized carbons (Fsp3) is 0.643. The van der Waals surface area contributed by atoms with Crippen molar-refractivity contribution < 1.29 is 22.4 Å². The van der Waals surface area contributed by atoms with E-state index in [1.807, 2.05) is 0 Å². The maximum Gasteiger partial charge on any atom is 0.374 e. The summed E-state index contributed by atoms with van der Waals surface area (Å²) in [5.74, 6) is -0.299. The highest BCUT2D eigenvalue weighted by molar-refractivity contribution is 7.89. The van der Waals surface area contributed by atoms with Crippen LogP contribution >= 0.6 is 0 Å². The van der Waals surface area contributed by atoms with Crippen LogP contribution in [0, 0.1) is 5.92 Å². The van der Waals surface area contributed by atoms with E-state index >= 15 is 0 Å². The average molecular weight is 313 g/mol. The van der Waals surface area contributed by atoms with Gasteiger partial charge in [-0.3, -0.25) is 0 Å². The lowest BCUT2D eigenvalue weighted by Gasteiger charge is -2.30. The smallest absolute Gasteiger partial charge is 0.374 e. The van der Waals surface area contributed by atoms with Crippen LogP contribution in [-0.4, -0.2) is 38.4 Å². The number of carbonyl (C=O) groups excluding carboxylic acids is 1. The Morgan fingerprint density at radius 3 is 2.81 bits per heavy atom. The molecule has 1 aromatic rings. The Morgan fingerprint density at radius 2 is 2.05 bits per heavy atom. The van der Waals surface area contributed by atoms with Gasteiger partial charge in [-0.05, 0) is 37.3 Å². The van der Waals surface area contributed by atoms with Crippen molar-refractivity contribution in [2.24, 2.45) is 5.92 Å². The maximum absolute atomic E-state index is 12.7. The summed E-state index contributed by atoms with van der Waals surface area (Å²) in [6, 6.07) is 2.75. The number of furan rings is 1. The van der Waals surface area contributed by atoms with E-state index < -0.39 is 16.0 Å². The monoisotopic (exact) mass is 313 g/mol. The van der Waals surface area contributed by atoms with E-state index in [1.54, 1.807) is 4.31 Å². The van der Waals surface area contributed by atoms with Crippen LogP contribution in [0.2, 0.25) is 0 Å². The lowest BCUT2D eigenvalue weighted by molar-refractivity contribution is 0.0558. The largest absolute Gasteiger partial charge is 0.463 e. The molecule has 1 aliphatic carbocycles. The molecule has 21 heavy (non-hydrogen) atoms. The molecular formula is C14H19NO5S. The van der Waals surface area contributed by atoms with Gasteiger partial charge in [-0.15, -0.1) is 0 Å². The zero-order chi connectivity index (χ0) is 15.0. The molecule has 6 nitrogen and oxygen atoms in total. The summed E-state index contributed by atoms with van der Waals surface area (Å²) in [4.78, 5) is 11.4. The Kier molecular flexibility index (Phi) is 3.79. The van der Waals surface area contributed by atoms with E-state index in [0.29, 0.717) is 12.5 Å². The second-order valence-electron chi connectivity index (χ2n) is 5.63. The van der Waals surface area contributed by atoms with E-state index in [9.17, 15) is 13.2 Å². The SMILES string of the molecule is COC(=O)c1ccc(S(=O)(=O)N2CCC3CCCCC32)o1. The maximum atomic E-state index is 12.7. The number of methoxy groups -OCH3 is 1. The second-order valence-corrected chi connectivity index (χ2v) is 7.45. The molecule has 2 atom stereocenters. The highest BCUT2D eigenvalue weighted by atomic mass is 32.2. The molecule has 1 aliphatic heterocycles. The van der Waals surface area contributed by atoms with Crippen molar-refractivity contribution in [2.75, 3.05) is 13.7 Å². The summed E-state index contributed by atoms with van der Waals surface area (Å²) in [6.07, 6.45) is 5.17. The number of rotatable bonds is 3. The summed E-state index contributed by atoms with van der Waals surface area (Å²) in [5.41, 5.74) is 0. The molecule has 7 heteroatoms. The highest BCUT2D eigenvalue weighted by Gasteiger charge is 2.43. The minimum atomic E-state index is -3.67. The van der Waals surface area contributed by atoms with Gasteiger partial charge < -0.3 is 9.15 Å². The Hall–Kier alpha value is -1.34. The van der Waals surface area contributed by atoms with Crippen molar-refractivity contribution in [3.63, 3.8) is 0 Å². The van der Waals surface area contributed by atoms with E-state index in [0.717, 1.165) is 25.7 Å². The minimum Gasteiger partial charge on any atom is -0.463 e. The van der Waals surface area contributed by atoms with Gasteiger partial charge in [0.05, 0.1) is 7.11 Å². The van der Waals surface area contributed by atoms with Crippen molar-refractivity contribution in [1.29, 1.82) is 0 Å². The van der Waals surface area contributed by atoms with Crippen LogP contribution in [0.25, 0.3) is 0 Å². The van der Waals surface area contributed by atoms with Gasteiger partial charge in [-0.2, -0.15) is 4.31 Å². The van der Waals surface area contributed by atoms with Gasteiger partial charge >= 0.3 is 5.97 Å². The average Bonchev–Trinajstić information content (AvgIpc) is 3.13. The molecule has 0 radical (unpaired) electrons. The Bertz CT molecular complexity index is 636. The molecule has 3 rings (SSSR count). The molecule has 2 aliphatic rings. The number of carbonyl (C=O) groups is 1. The molecule has 1 aromatic heterocycles. The third-order valence-corrected chi connectivity index (χ3v) is 6.29. The molecule has 116 valence electrons. The van der Waals surface area contributed by atoms with E-state index in [1.165, 1.54) is 25.7 Å². The van der Waals surface area contributed by atoms with E-state index in [4.69, 9.17) is 4.42 Å². The normalized spacial score (nSPS) is 26.5. The highest BCUT2D eigenvalue weighted by Crippen LogP contribution is 2.39. The van der Waals surface area contributed by atoms with Gasteiger partial charge in [-0.1, -0.05) is 12.8 Å². The molecule has 2 heterocycles. The first kappa shape index (κ1) is 14.6. The minimum absolute atomic E-state index is 0.0791. The first-order chi connectivity index (χ1) is 10.0. The zero-order valence-electron chi connectivity index (χ0n) is 11.9. The third-order valence-electron chi connectivity index (χ3n) is 4.49. The number of nitrogens with zero attached hydrogens (tertiary/aromatic N) is 1. The Morgan fingerprint density at radius 1 is 1.29 bits per heavy atom. The molecule has 0 bridgehead atoms. The third kappa shape index (κ3) is 2.48. The van der Waals surface area contributed by atoms with Crippen LogP contribution in [-0.2, 0) is 14.8 Å². The van der Waals surface area contributed by atoms with Crippen molar-refractivity contribution in [3.8, 4) is 0 Å². The van der Waals surface area contributed by atoms with Gasteiger partial charge in [0.2, 0.25) is 10.9 Å². The first-order valence-electron chi connectivity index (χ1n) is 7.24. The predicted octanol–water partition coefficient (Wildman–Crippen LogP) is 2.02. The van der Waals surface area contributed by atoms with Crippen LogP contribution in [0.4, 0.5) is 0 Å². The molecule has 2 fully saturated rings. The van der Waals surface area contributed by atoms with Crippen molar-refractivity contribution >= 4 is 16.0 Å². The Labute approximate surface area is 124 Å². The molecular weight excluding hydrogens is 294 g/mol. The predicted molar refractivity (Wildman–Crippen MR) is 74.3 cm³/mol. The van der Waals surface area contributed by atoms with E-state index in [-0.39, 0.29) is 16.9 Å². The molecule has 0 amide bonds. The lowest BCUT2D eigenvalue weighted by Crippen LogP contribution is -2.39. The van der Waals surface area contributed by atoms with Crippen LogP contribution in [0.15, 0.2) is 21.6 Å². The second kappa shape index (κ2) is 5.46. The van der Waals surface area contributed by atoms with Gasteiger partial charge in [-0.25, -0.2) is 13.2 Å². The van der Waals surface area contributed by atoms with Gasteiger partial charge in [0, 0.05) is 12.6 Å². The number of hydrogen-bond acceptors (Lipinski definition) is 5. The molecule has 0 spiro atoms. The number of sulfonamides is 1. The molecule has 0 aromatic carbocycles. The number of fused-ring (bicyclic) bond motifs is 1. The van der Waals surface area contributed by atoms with Gasteiger partial charge in [0.15, 0.2) is 0 Å². The number of ether oxygens (including phenoxy) is 1. The van der Waals surface area contributed by atoms with Gasteiger partial charge in [0.1, 0.15) is 0 Å². The van der Waals surface area contributed by atoms with Gasteiger partial charge in [0.25, 0.3) is 10.0 Å². The quantitative estimate of drug-likeness (QED) is 0.798. The molecule has 1 saturated heterocycles. The first-order valence-corrected chi connectivity index (χ1v) is 8.68. The zero-order valence-corrected chi connectivity index (χ0v) is 12.8.